The smallest absolute Gasteiger partial charge is 0.119 e. The fourth-order valence-electron chi connectivity index (χ4n) is 2.71. The number of para-hydroxylation sites is 2. The zero-order chi connectivity index (χ0) is 17.1. The monoisotopic (exact) mass is 344 g/mol. The van der Waals surface area contributed by atoms with Gasteiger partial charge in [-0.05, 0) is 36.4 Å². The first-order chi connectivity index (χ1) is 11.5. The summed E-state index contributed by atoms with van der Waals surface area (Å²) in [5, 5.41) is 11.1. The predicted molar refractivity (Wildman–Crippen MR) is 96.8 cm³/mol. The highest BCUT2D eigenvalue weighted by molar-refractivity contribution is 6.30. The summed E-state index contributed by atoms with van der Waals surface area (Å²) >= 11 is 5.86. The van der Waals surface area contributed by atoms with Crippen molar-refractivity contribution in [3.63, 3.8) is 0 Å². The molecule has 1 heterocycles. The minimum atomic E-state index is -0.629. The van der Waals surface area contributed by atoms with Crippen LogP contribution in [0.25, 0.3) is 11.0 Å². The van der Waals surface area contributed by atoms with Crippen LogP contribution in [0.1, 0.15) is 25.6 Å². The largest absolute Gasteiger partial charge is 0.491 e. The molecule has 126 valence electrons. The van der Waals surface area contributed by atoms with E-state index in [0.29, 0.717) is 17.3 Å². The summed E-state index contributed by atoms with van der Waals surface area (Å²) < 4.78 is 7.72. The molecule has 5 heteroatoms. The predicted octanol–water partition coefficient (Wildman–Crippen LogP) is 4.25. The third kappa shape index (κ3) is 3.71. The van der Waals surface area contributed by atoms with Gasteiger partial charge in [0.25, 0.3) is 0 Å². The average Bonchev–Trinajstić information content (AvgIpc) is 2.93. The van der Waals surface area contributed by atoms with E-state index >= 15 is 0 Å². The maximum atomic E-state index is 10.4. The standard InChI is InChI=1S/C19H21ClN2O2/c1-13(2)19-21-17-5-3-4-6-18(17)22(19)11-15(23)12-24-16-9-7-14(20)8-10-16/h3-10,13,15,23H,11-12H2,1-2H3/t15-/m1/s1. The van der Waals surface area contributed by atoms with Gasteiger partial charge in [0.1, 0.15) is 24.3 Å². The van der Waals surface area contributed by atoms with Gasteiger partial charge in [-0.2, -0.15) is 0 Å². The van der Waals surface area contributed by atoms with Gasteiger partial charge in [0.05, 0.1) is 17.6 Å². The molecule has 0 spiro atoms. The molecule has 1 aromatic heterocycles. The normalized spacial score (nSPS) is 12.7. The molecule has 24 heavy (non-hydrogen) atoms. The summed E-state index contributed by atoms with van der Waals surface area (Å²) in [6.45, 7) is 4.87. The molecule has 3 aromatic rings. The highest BCUT2D eigenvalue weighted by Crippen LogP contribution is 2.22. The van der Waals surface area contributed by atoms with Crippen LogP contribution in [0.4, 0.5) is 0 Å². The molecule has 0 saturated heterocycles. The van der Waals surface area contributed by atoms with E-state index in [1.807, 2.05) is 24.3 Å². The summed E-state index contributed by atoms with van der Waals surface area (Å²) in [6.07, 6.45) is -0.629. The lowest BCUT2D eigenvalue weighted by atomic mass is 10.2. The van der Waals surface area contributed by atoms with E-state index in [1.165, 1.54) is 0 Å². The van der Waals surface area contributed by atoms with E-state index in [-0.39, 0.29) is 12.5 Å². The van der Waals surface area contributed by atoms with Gasteiger partial charge in [-0.25, -0.2) is 4.98 Å². The molecule has 0 bridgehead atoms. The quantitative estimate of drug-likeness (QED) is 0.727. The molecule has 0 aliphatic carbocycles. The second-order valence-corrected chi connectivity index (χ2v) is 6.58. The molecule has 0 radical (unpaired) electrons. The lowest BCUT2D eigenvalue weighted by Crippen LogP contribution is -2.24. The first-order valence-electron chi connectivity index (χ1n) is 8.06. The summed E-state index contributed by atoms with van der Waals surface area (Å²) in [4.78, 5) is 4.69. The third-order valence-corrected chi connectivity index (χ3v) is 4.10. The van der Waals surface area contributed by atoms with Crippen LogP contribution in [0, 0.1) is 0 Å². The Kier molecular flexibility index (Phi) is 5.07. The maximum Gasteiger partial charge on any atom is 0.119 e. The average molecular weight is 345 g/mol. The molecule has 0 unspecified atom stereocenters. The van der Waals surface area contributed by atoms with Crippen molar-refractivity contribution in [3.8, 4) is 5.75 Å². The van der Waals surface area contributed by atoms with E-state index in [2.05, 4.69) is 23.4 Å². The number of rotatable bonds is 6. The number of nitrogens with zero attached hydrogens (tertiary/aromatic N) is 2. The van der Waals surface area contributed by atoms with Gasteiger partial charge in [0.2, 0.25) is 0 Å². The van der Waals surface area contributed by atoms with Crippen molar-refractivity contribution in [2.24, 2.45) is 0 Å². The second-order valence-electron chi connectivity index (χ2n) is 6.14. The van der Waals surface area contributed by atoms with E-state index < -0.39 is 6.10 Å². The fourth-order valence-corrected chi connectivity index (χ4v) is 2.84. The molecule has 1 N–H and O–H groups in total. The van der Waals surface area contributed by atoms with Crippen molar-refractivity contribution >= 4 is 22.6 Å². The number of ether oxygens (including phenoxy) is 1. The number of hydrogen-bond donors (Lipinski definition) is 1. The molecule has 0 amide bonds. The zero-order valence-corrected chi connectivity index (χ0v) is 14.6. The van der Waals surface area contributed by atoms with Crippen LogP contribution >= 0.6 is 11.6 Å². The lowest BCUT2D eigenvalue weighted by Gasteiger charge is -2.17. The molecule has 0 aliphatic heterocycles. The van der Waals surface area contributed by atoms with Crippen LogP contribution in [-0.2, 0) is 6.54 Å². The Morgan fingerprint density at radius 1 is 1.12 bits per heavy atom. The Balaban J connectivity index is 1.73. The van der Waals surface area contributed by atoms with E-state index in [9.17, 15) is 5.11 Å². The van der Waals surface area contributed by atoms with Gasteiger partial charge >= 0.3 is 0 Å². The first kappa shape index (κ1) is 16.8. The highest BCUT2D eigenvalue weighted by atomic mass is 35.5. The number of aliphatic hydroxyl groups is 1. The Morgan fingerprint density at radius 2 is 1.83 bits per heavy atom. The van der Waals surface area contributed by atoms with Crippen molar-refractivity contribution in [1.29, 1.82) is 0 Å². The third-order valence-electron chi connectivity index (χ3n) is 3.85. The minimum Gasteiger partial charge on any atom is -0.491 e. The molecule has 2 aromatic carbocycles. The Morgan fingerprint density at radius 3 is 2.54 bits per heavy atom. The van der Waals surface area contributed by atoms with Crippen molar-refractivity contribution in [2.45, 2.75) is 32.4 Å². The van der Waals surface area contributed by atoms with Crippen molar-refractivity contribution < 1.29 is 9.84 Å². The van der Waals surface area contributed by atoms with Crippen LogP contribution in [0.15, 0.2) is 48.5 Å². The van der Waals surface area contributed by atoms with E-state index in [4.69, 9.17) is 16.3 Å². The van der Waals surface area contributed by atoms with Crippen LogP contribution < -0.4 is 4.74 Å². The fraction of sp³-hybridized carbons (Fsp3) is 0.316. The molecule has 0 aliphatic rings. The number of aromatic nitrogens is 2. The summed E-state index contributed by atoms with van der Waals surface area (Å²) in [6, 6.07) is 15.1. The summed E-state index contributed by atoms with van der Waals surface area (Å²) in [5.74, 6) is 1.95. The molecule has 3 rings (SSSR count). The number of hydrogen-bond acceptors (Lipinski definition) is 3. The van der Waals surface area contributed by atoms with Gasteiger partial charge < -0.3 is 14.4 Å². The number of imidazole rings is 1. The van der Waals surface area contributed by atoms with Crippen molar-refractivity contribution in [1.82, 2.24) is 9.55 Å². The van der Waals surface area contributed by atoms with E-state index in [0.717, 1.165) is 16.9 Å². The number of benzene rings is 2. The maximum absolute atomic E-state index is 10.4. The Bertz CT molecular complexity index is 812. The molecule has 0 saturated carbocycles. The SMILES string of the molecule is CC(C)c1nc2ccccc2n1C[C@@H](O)COc1ccc(Cl)cc1. The Hall–Kier alpha value is -2.04. The summed E-state index contributed by atoms with van der Waals surface area (Å²) in [7, 11) is 0. The second kappa shape index (κ2) is 7.24. The van der Waals surface area contributed by atoms with Crippen LogP contribution in [0.2, 0.25) is 5.02 Å². The van der Waals surface area contributed by atoms with Gasteiger partial charge in [0, 0.05) is 10.9 Å². The topological polar surface area (TPSA) is 47.3 Å². The lowest BCUT2D eigenvalue weighted by molar-refractivity contribution is 0.0925. The molecule has 1 atom stereocenters. The minimum absolute atomic E-state index is 0.214. The first-order valence-corrected chi connectivity index (χ1v) is 8.44. The van der Waals surface area contributed by atoms with E-state index in [1.54, 1.807) is 24.3 Å². The van der Waals surface area contributed by atoms with Gasteiger partial charge in [-0.1, -0.05) is 37.6 Å². The van der Waals surface area contributed by atoms with Crippen LogP contribution in [0.3, 0.4) is 0 Å². The zero-order valence-electron chi connectivity index (χ0n) is 13.8. The molecule has 0 fully saturated rings. The number of halogens is 1. The number of aliphatic hydroxyl groups excluding tert-OH is 1. The van der Waals surface area contributed by atoms with Gasteiger partial charge in [-0.3, -0.25) is 0 Å². The van der Waals surface area contributed by atoms with Gasteiger partial charge in [0.15, 0.2) is 0 Å². The number of fused-ring (bicyclic) bond motifs is 1. The Labute approximate surface area is 146 Å². The van der Waals surface area contributed by atoms with Crippen molar-refractivity contribution in [3.05, 3.63) is 59.4 Å². The van der Waals surface area contributed by atoms with Gasteiger partial charge in [-0.15, -0.1) is 0 Å². The van der Waals surface area contributed by atoms with Crippen LogP contribution in [0.5, 0.6) is 5.75 Å². The molecular weight excluding hydrogens is 324 g/mol. The molecular formula is C19H21ClN2O2. The highest BCUT2D eigenvalue weighted by Gasteiger charge is 2.16. The molecule has 4 nitrogen and oxygen atoms in total. The summed E-state index contributed by atoms with van der Waals surface area (Å²) in [5.41, 5.74) is 1.98. The van der Waals surface area contributed by atoms with Crippen LogP contribution in [-0.4, -0.2) is 27.4 Å². The van der Waals surface area contributed by atoms with Crippen molar-refractivity contribution in [2.75, 3.05) is 6.61 Å².